The molecule has 7 heteroatoms. The average molecular weight is 436 g/mol. The molecule has 2 aromatic heterocycles. The van der Waals surface area contributed by atoms with Gasteiger partial charge in [0.25, 0.3) is 5.56 Å². The summed E-state index contributed by atoms with van der Waals surface area (Å²) in [5.41, 5.74) is 4.73. The molecule has 0 amide bonds. The van der Waals surface area contributed by atoms with E-state index in [0.717, 1.165) is 22.4 Å². The van der Waals surface area contributed by atoms with Gasteiger partial charge in [-0.15, -0.1) is 0 Å². The molecule has 0 atom stereocenters. The van der Waals surface area contributed by atoms with Crippen LogP contribution in [0.3, 0.4) is 0 Å². The summed E-state index contributed by atoms with van der Waals surface area (Å²) in [7, 11) is 1.58. The average Bonchev–Trinajstić information content (AvgIpc) is 3.25. The Kier molecular flexibility index (Phi) is 5.20. The number of H-pyrrole nitrogens is 1. The molecule has 0 aliphatic carbocycles. The van der Waals surface area contributed by atoms with E-state index in [2.05, 4.69) is 10.3 Å². The molecule has 0 aliphatic rings. The van der Waals surface area contributed by atoms with Crippen molar-refractivity contribution in [1.29, 1.82) is 0 Å². The highest BCUT2D eigenvalue weighted by molar-refractivity contribution is 5.94. The molecule has 0 unspecified atom stereocenters. The largest absolute Gasteiger partial charge is 0.497 e. The van der Waals surface area contributed by atoms with Gasteiger partial charge >= 0.3 is 0 Å². The van der Waals surface area contributed by atoms with Crippen molar-refractivity contribution in [2.45, 2.75) is 0 Å². The number of fused-ring (bicyclic) bond motifs is 1. The first kappa shape index (κ1) is 20.3. The summed E-state index contributed by atoms with van der Waals surface area (Å²) < 4.78 is 6.67. The smallest absolute Gasteiger partial charge is 0.281 e. The number of benzene rings is 3. The van der Waals surface area contributed by atoms with E-state index < -0.39 is 0 Å². The van der Waals surface area contributed by atoms with Crippen molar-refractivity contribution in [2.24, 2.45) is 5.16 Å². The van der Waals surface area contributed by atoms with E-state index >= 15 is 0 Å². The van der Waals surface area contributed by atoms with Crippen LogP contribution in [0.5, 0.6) is 5.75 Å². The number of methoxy groups -OCH3 is 1. The zero-order chi connectivity index (χ0) is 22.8. The molecule has 2 N–H and O–H groups in total. The van der Waals surface area contributed by atoms with Crippen LogP contribution in [0.1, 0.15) is 5.69 Å². The maximum absolute atomic E-state index is 13.7. The Balaban J connectivity index is 1.87. The maximum atomic E-state index is 13.7. The fourth-order valence-electron chi connectivity index (χ4n) is 3.96. The van der Waals surface area contributed by atoms with Crippen LogP contribution in [0, 0.1) is 0 Å². The second-order valence-electron chi connectivity index (χ2n) is 7.40. The first-order chi connectivity index (χ1) is 16.2. The molecule has 5 rings (SSSR count). The van der Waals surface area contributed by atoms with Crippen LogP contribution < -0.4 is 10.3 Å². The second-order valence-corrected chi connectivity index (χ2v) is 7.40. The molecule has 5 aromatic rings. The van der Waals surface area contributed by atoms with E-state index in [1.54, 1.807) is 31.4 Å². The van der Waals surface area contributed by atoms with Gasteiger partial charge < -0.3 is 9.94 Å². The zero-order valence-corrected chi connectivity index (χ0v) is 17.8. The van der Waals surface area contributed by atoms with E-state index in [4.69, 9.17) is 9.72 Å². The first-order valence-electron chi connectivity index (χ1n) is 10.3. The number of oxime groups is 1. The van der Waals surface area contributed by atoms with Gasteiger partial charge in [-0.2, -0.15) is 4.52 Å². The number of rotatable bonds is 5. The Bertz CT molecular complexity index is 1500. The van der Waals surface area contributed by atoms with Crippen molar-refractivity contribution in [3.05, 3.63) is 101 Å². The van der Waals surface area contributed by atoms with Crippen molar-refractivity contribution < 1.29 is 9.94 Å². The van der Waals surface area contributed by atoms with Crippen LogP contribution in [-0.2, 0) is 0 Å². The highest BCUT2D eigenvalue weighted by atomic mass is 16.5. The second kappa shape index (κ2) is 8.47. The lowest BCUT2D eigenvalue weighted by Gasteiger charge is -2.08. The summed E-state index contributed by atoms with van der Waals surface area (Å²) in [6.45, 7) is 0. The van der Waals surface area contributed by atoms with Gasteiger partial charge in [0.2, 0.25) is 0 Å². The number of hydrogen-bond acceptors (Lipinski definition) is 5. The number of nitrogens with one attached hydrogen (secondary N) is 1. The molecule has 2 heterocycles. The molecule has 0 radical (unpaired) electrons. The standard InChI is InChI=1S/C26H20N4O3/c1-33-20-14-12-18(13-15-20)22-21(16-27-32)28-25-23(17-8-4-2-5-9-17)24(29-30(25)26(22)31)19-10-6-3-7-11-19/h2-16,29,32H,1H3. The first-order valence-corrected chi connectivity index (χ1v) is 10.3. The van der Waals surface area contributed by atoms with Gasteiger partial charge in [0.05, 0.1) is 30.1 Å². The van der Waals surface area contributed by atoms with Crippen molar-refractivity contribution >= 4 is 11.9 Å². The quantitative estimate of drug-likeness (QED) is 0.234. The molecule has 0 saturated carbocycles. The van der Waals surface area contributed by atoms with Gasteiger partial charge in [-0.25, -0.2) is 4.98 Å². The lowest BCUT2D eigenvalue weighted by atomic mass is 10.0. The van der Waals surface area contributed by atoms with Crippen molar-refractivity contribution in [1.82, 2.24) is 14.6 Å². The lowest BCUT2D eigenvalue weighted by Crippen LogP contribution is -2.20. The summed E-state index contributed by atoms with van der Waals surface area (Å²) in [5.74, 6) is 0.669. The van der Waals surface area contributed by atoms with Gasteiger partial charge in [0.15, 0.2) is 5.65 Å². The molecule has 0 saturated heterocycles. The summed E-state index contributed by atoms with van der Waals surface area (Å²) >= 11 is 0. The van der Waals surface area contributed by atoms with Crippen LogP contribution >= 0.6 is 0 Å². The molecular formula is C26H20N4O3. The predicted molar refractivity (Wildman–Crippen MR) is 128 cm³/mol. The van der Waals surface area contributed by atoms with Crippen molar-refractivity contribution in [3.63, 3.8) is 0 Å². The van der Waals surface area contributed by atoms with Crippen molar-refractivity contribution in [3.8, 4) is 39.3 Å². The molecule has 0 fully saturated rings. The summed E-state index contributed by atoms with van der Waals surface area (Å²) in [6, 6.07) is 26.6. The number of aromatic amines is 1. The molecule has 0 bridgehead atoms. The fourth-order valence-corrected chi connectivity index (χ4v) is 3.96. The third kappa shape index (κ3) is 3.55. The molecular weight excluding hydrogens is 416 g/mol. The summed E-state index contributed by atoms with van der Waals surface area (Å²) in [4.78, 5) is 18.5. The summed E-state index contributed by atoms with van der Waals surface area (Å²) in [6.07, 6.45) is 1.19. The van der Waals surface area contributed by atoms with E-state index in [1.165, 1.54) is 10.7 Å². The molecule has 162 valence electrons. The number of nitrogens with zero attached hydrogens (tertiary/aromatic N) is 3. The van der Waals surface area contributed by atoms with Gasteiger partial charge in [-0.3, -0.25) is 9.89 Å². The Hall–Kier alpha value is -4.65. The van der Waals surface area contributed by atoms with Gasteiger partial charge in [-0.05, 0) is 23.3 Å². The molecule has 3 aromatic carbocycles. The molecule has 0 spiro atoms. The minimum atomic E-state index is -0.306. The maximum Gasteiger partial charge on any atom is 0.281 e. The predicted octanol–water partition coefficient (Wildman–Crippen LogP) is 4.84. The van der Waals surface area contributed by atoms with Gasteiger partial charge in [0.1, 0.15) is 11.4 Å². The number of aromatic nitrogens is 3. The minimum absolute atomic E-state index is 0.267. The third-order valence-electron chi connectivity index (χ3n) is 5.49. The van der Waals surface area contributed by atoms with Gasteiger partial charge in [-0.1, -0.05) is 78.0 Å². The number of hydrogen-bond donors (Lipinski definition) is 2. The van der Waals surface area contributed by atoms with Crippen LogP contribution in [-0.4, -0.2) is 33.1 Å². The highest BCUT2D eigenvalue weighted by Crippen LogP contribution is 2.34. The normalized spacial score (nSPS) is 11.3. The minimum Gasteiger partial charge on any atom is -0.497 e. The van der Waals surface area contributed by atoms with Crippen molar-refractivity contribution in [2.75, 3.05) is 7.11 Å². The lowest BCUT2D eigenvalue weighted by molar-refractivity contribution is 0.321. The van der Waals surface area contributed by atoms with Crippen LogP contribution in [0.25, 0.3) is 39.2 Å². The Morgan fingerprint density at radius 2 is 1.48 bits per heavy atom. The van der Waals surface area contributed by atoms with Crippen LogP contribution in [0.4, 0.5) is 0 Å². The van der Waals surface area contributed by atoms with E-state index in [9.17, 15) is 10.0 Å². The SMILES string of the molecule is COc1ccc(-c2c(C=NO)nc3c(-c4ccccc4)c(-c4ccccc4)[nH]n3c2=O)cc1. The Labute approximate surface area is 189 Å². The monoisotopic (exact) mass is 436 g/mol. The topological polar surface area (TPSA) is 92.0 Å². The van der Waals surface area contributed by atoms with Crippen LogP contribution in [0.2, 0.25) is 0 Å². The number of ether oxygens (including phenoxy) is 1. The highest BCUT2D eigenvalue weighted by Gasteiger charge is 2.22. The van der Waals surface area contributed by atoms with E-state index in [0.29, 0.717) is 22.5 Å². The van der Waals surface area contributed by atoms with Crippen LogP contribution in [0.15, 0.2) is 94.9 Å². The van der Waals surface area contributed by atoms with E-state index in [1.807, 2.05) is 60.7 Å². The van der Waals surface area contributed by atoms with Gasteiger partial charge in [0, 0.05) is 5.56 Å². The molecule has 7 nitrogen and oxygen atoms in total. The third-order valence-corrected chi connectivity index (χ3v) is 5.49. The molecule has 0 aliphatic heterocycles. The Morgan fingerprint density at radius 1 is 0.879 bits per heavy atom. The fraction of sp³-hybridized carbons (Fsp3) is 0.0385. The zero-order valence-electron chi connectivity index (χ0n) is 17.8. The molecule has 33 heavy (non-hydrogen) atoms. The van der Waals surface area contributed by atoms with E-state index in [-0.39, 0.29) is 11.3 Å². The summed E-state index contributed by atoms with van der Waals surface area (Å²) in [5, 5.41) is 15.7. The Morgan fingerprint density at radius 3 is 2.09 bits per heavy atom.